The van der Waals surface area contributed by atoms with Crippen molar-refractivity contribution in [3.8, 4) is 0 Å². The largest absolute Gasteiger partial charge is 0.346 e. The molecular weight excluding hydrogens is 254 g/mol. The molecule has 1 aromatic rings. The van der Waals surface area contributed by atoms with Crippen LogP contribution >= 0.6 is 0 Å². The van der Waals surface area contributed by atoms with Gasteiger partial charge in [0.05, 0.1) is 6.20 Å². The minimum Gasteiger partial charge on any atom is -0.346 e. The van der Waals surface area contributed by atoms with E-state index in [0.717, 1.165) is 13.1 Å². The first-order chi connectivity index (χ1) is 9.38. The Morgan fingerprint density at radius 3 is 2.50 bits per heavy atom. The summed E-state index contributed by atoms with van der Waals surface area (Å²) >= 11 is 0. The maximum absolute atomic E-state index is 12.2. The molecular formula is C14H25N5O. The van der Waals surface area contributed by atoms with Crippen LogP contribution in [0.3, 0.4) is 0 Å². The molecule has 1 aliphatic rings. The van der Waals surface area contributed by atoms with E-state index in [4.69, 9.17) is 0 Å². The van der Waals surface area contributed by atoms with E-state index in [0.29, 0.717) is 17.7 Å². The first-order valence-corrected chi connectivity index (χ1v) is 7.35. The maximum atomic E-state index is 12.2. The zero-order valence-electron chi connectivity index (χ0n) is 13.0. The lowest BCUT2D eigenvalue weighted by molar-refractivity contribution is 0.0925. The van der Waals surface area contributed by atoms with Gasteiger partial charge in [0, 0.05) is 31.2 Å². The summed E-state index contributed by atoms with van der Waals surface area (Å²) in [6.07, 6.45) is 1.71. The molecule has 0 radical (unpaired) electrons. The molecule has 0 aromatic carbocycles. The van der Waals surface area contributed by atoms with Crippen molar-refractivity contribution in [2.75, 3.05) is 13.1 Å². The number of hydrogen-bond acceptors (Lipinski definition) is 4. The topological polar surface area (TPSA) is 63.1 Å². The van der Waals surface area contributed by atoms with Crippen LogP contribution in [0.5, 0.6) is 0 Å². The molecule has 1 N–H and O–H groups in total. The van der Waals surface area contributed by atoms with Gasteiger partial charge in [0.15, 0.2) is 5.69 Å². The third-order valence-corrected chi connectivity index (χ3v) is 3.96. The quantitative estimate of drug-likeness (QED) is 0.903. The summed E-state index contributed by atoms with van der Waals surface area (Å²) in [5.41, 5.74) is 0.397. The molecule has 112 valence electrons. The average Bonchev–Trinajstić information content (AvgIpc) is 2.97. The minimum atomic E-state index is -0.126. The fraction of sp³-hybridized carbons (Fsp3) is 0.786. The van der Waals surface area contributed by atoms with Gasteiger partial charge >= 0.3 is 0 Å². The SMILES string of the molecule is CC(C)N1C[C@H](C)[C@H](NC(=O)c2cn(C(C)C)nn2)C1. The Bertz CT molecular complexity index is 468. The summed E-state index contributed by atoms with van der Waals surface area (Å²) < 4.78 is 1.70. The van der Waals surface area contributed by atoms with Crippen LogP contribution in [0.1, 0.15) is 51.1 Å². The van der Waals surface area contributed by atoms with E-state index in [9.17, 15) is 4.79 Å². The molecule has 1 fully saturated rings. The lowest BCUT2D eigenvalue weighted by Crippen LogP contribution is -2.40. The van der Waals surface area contributed by atoms with Crippen molar-refractivity contribution < 1.29 is 4.79 Å². The molecule has 2 rings (SSSR count). The van der Waals surface area contributed by atoms with Crippen LogP contribution in [0.4, 0.5) is 0 Å². The Labute approximate surface area is 120 Å². The van der Waals surface area contributed by atoms with Crippen molar-refractivity contribution in [2.24, 2.45) is 5.92 Å². The van der Waals surface area contributed by atoms with Crippen LogP contribution in [-0.2, 0) is 0 Å². The van der Waals surface area contributed by atoms with Crippen LogP contribution in [0.25, 0.3) is 0 Å². The number of nitrogens with one attached hydrogen (secondary N) is 1. The Kier molecular flexibility index (Phi) is 4.42. The highest BCUT2D eigenvalue weighted by Crippen LogP contribution is 2.19. The first-order valence-electron chi connectivity index (χ1n) is 7.35. The van der Waals surface area contributed by atoms with E-state index in [-0.39, 0.29) is 18.0 Å². The Morgan fingerprint density at radius 1 is 1.30 bits per heavy atom. The summed E-state index contributed by atoms with van der Waals surface area (Å²) in [7, 11) is 0. The van der Waals surface area contributed by atoms with Gasteiger partial charge in [-0.05, 0) is 33.6 Å². The lowest BCUT2D eigenvalue weighted by atomic mass is 10.1. The van der Waals surface area contributed by atoms with E-state index in [1.165, 1.54) is 0 Å². The van der Waals surface area contributed by atoms with Crippen LogP contribution in [0.2, 0.25) is 0 Å². The van der Waals surface area contributed by atoms with E-state index in [1.807, 2.05) is 13.8 Å². The zero-order chi connectivity index (χ0) is 14.9. The first kappa shape index (κ1) is 15.0. The van der Waals surface area contributed by atoms with Crippen LogP contribution in [0, 0.1) is 5.92 Å². The Hall–Kier alpha value is -1.43. The number of nitrogens with zero attached hydrogens (tertiary/aromatic N) is 4. The number of carbonyl (C=O) groups excluding carboxylic acids is 1. The molecule has 0 saturated carbocycles. The standard InChI is InChI=1S/C14H25N5O/c1-9(2)18-6-11(5)12(7-18)15-14(20)13-8-19(10(3)4)17-16-13/h8-12H,6-7H2,1-5H3,(H,15,20)/t11-,12+/m0/s1. The predicted molar refractivity (Wildman–Crippen MR) is 77.5 cm³/mol. The predicted octanol–water partition coefficient (Wildman–Crippen LogP) is 1.32. The second-order valence-electron chi connectivity index (χ2n) is 6.28. The highest BCUT2D eigenvalue weighted by Gasteiger charge is 2.32. The van der Waals surface area contributed by atoms with Crippen molar-refractivity contribution in [3.05, 3.63) is 11.9 Å². The normalized spacial score (nSPS) is 23.8. The molecule has 6 heteroatoms. The summed E-state index contributed by atoms with van der Waals surface area (Å²) in [6.45, 7) is 12.5. The molecule has 1 aliphatic heterocycles. The van der Waals surface area contributed by atoms with Gasteiger partial charge < -0.3 is 5.32 Å². The fourth-order valence-corrected chi connectivity index (χ4v) is 2.49. The molecule has 0 bridgehead atoms. The van der Waals surface area contributed by atoms with Gasteiger partial charge in [-0.2, -0.15) is 0 Å². The summed E-state index contributed by atoms with van der Waals surface area (Å²) in [6, 6.07) is 0.918. The highest BCUT2D eigenvalue weighted by molar-refractivity contribution is 5.92. The second-order valence-corrected chi connectivity index (χ2v) is 6.28. The van der Waals surface area contributed by atoms with Gasteiger partial charge in [-0.25, -0.2) is 4.68 Å². The summed E-state index contributed by atoms with van der Waals surface area (Å²) in [5, 5.41) is 11.0. The smallest absolute Gasteiger partial charge is 0.273 e. The molecule has 1 saturated heterocycles. The molecule has 2 heterocycles. The molecule has 1 aromatic heterocycles. The van der Waals surface area contributed by atoms with Crippen molar-refractivity contribution in [1.82, 2.24) is 25.2 Å². The number of rotatable bonds is 4. The van der Waals surface area contributed by atoms with Crippen molar-refractivity contribution >= 4 is 5.91 Å². The van der Waals surface area contributed by atoms with E-state index in [2.05, 4.69) is 41.3 Å². The van der Waals surface area contributed by atoms with Crippen molar-refractivity contribution in [1.29, 1.82) is 0 Å². The van der Waals surface area contributed by atoms with Gasteiger partial charge in [-0.3, -0.25) is 9.69 Å². The second kappa shape index (κ2) is 5.91. The number of aromatic nitrogens is 3. The monoisotopic (exact) mass is 279 g/mol. The minimum absolute atomic E-state index is 0.126. The molecule has 0 spiro atoms. The van der Waals surface area contributed by atoms with Gasteiger partial charge in [0.1, 0.15) is 0 Å². The zero-order valence-corrected chi connectivity index (χ0v) is 13.0. The summed E-state index contributed by atoms with van der Waals surface area (Å²) in [4.78, 5) is 14.6. The lowest BCUT2D eigenvalue weighted by Gasteiger charge is -2.20. The Morgan fingerprint density at radius 2 is 2.00 bits per heavy atom. The molecule has 1 amide bonds. The molecule has 2 atom stereocenters. The van der Waals surface area contributed by atoms with Gasteiger partial charge in [-0.15, -0.1) is 5.10 Å². The third-order valence-electron chi connectivity index (χ3n) is 3.96. The molecule has 6 nitrogen and oxygen atoms in total. The Balaban J connectivity index is 1.97. The fourth-order valence-electron chi connectivity index (χ4n) is 2.49. The van der Waals surface area contributed by atoms with Crippen LogP contribution in [-0.4, -0.2) is 51.0 Å². The van der Waals surface area contributed by atoms with E-state index < -0.39 is 0 Å². The number of hydrogen-bond donors (Lipinski definition) is 1. The highest BCUT2D eigenvalue weighted by atomic mass is 16.2. The van der Waals surface area contributed by atoms with E-state index >= 15 is 0 Å². The van der Waals surface area contributed by atoms with Gasteiger partial charge in [-0.1, -0.05) is 12.1 Å². The molecule has 20 heavy (non-hydrogen) atoms. The van der Waals surface area contributed by atoms with Crippen LogP contribution < -0.4 is 5.32 Å². The number of amides is 1. The summed E-state index contributed by atoms with van der Waals surface area (Å²) in [5.74, 6) is 0.334. The van der Waals surface area contributed by atoms with Crippen molar-refractivity contribution in [3.63, 3.8) is 0 Å². The van der Waals surface area contributed by atoms with E-state index in [1.54, 1.807) is 10.9 Å². The number of carbonyl (C=O) groups is 1. The molecule has 0 unspecified atom stereocenters. The van der Waals surface area contributed by atoms with Crippen molar-refractivity contribution in [2.45, 2.75) is 52.7 Å². The van der Waals surface area contributed by atoms with Gasteiger partial charge in [0.2, 0.25) is 0 Å². The average molecular weight is 279 g/mol. The number of likely N-dealkylation sites (tertiary alicyclic amines) is 1. The third kappa shape index (κ3) is 3.17. The maximum Gasteiger partial charge on any atom is 0.273 e. The van der Waals surface area contributed by atoms with Gasteiger partial charge in [0.25, 0.3) is 5.91 Å². The molecule has 0 aliphatic carbocycles. The van der Waals surface area contributed by atoms with Crippen LogP contribution in [0.15, 0.2) is 6.20 Å².